The molecule has 1 aliphatic heterocycles. The van der Waals surface area contributed by atoms with E-state index in [-0.39, 0.29) is 11.9 Å². The summed E-state index contributed by atoms with van der Waals surface area (Å²) >= 11 is 12.1. The van der Waals surface area contributed by atoms with E-state index in [1.54, 1.807) is 19.1 Å². The largest absolute Gasteiger partial charge is 0.487 e. The number of Topliss-reactive ketones (excluding diaryl/α,β-unsaturated/α-hetero) is 1. The summed E-state index contributed by atoms with van der Waals surface area (Å²) in [4.78, 5) is 13.9. The molecule has 1 atom stereocenters. The zero-order chi connectivity index (χ0) is 16.6. The van der Waals surface area contributed by atoms with Gasteiger partial charge < -0.3 is 9.64 Å². The van der Waals surface area contributed by atoms with Crippen LogP contribution in [0.5, 0.6) is 5.75 Å². The SMILES string of the molecule is CC(=O)c1ccc2c(c1)N(Cc1ccc(Cl)c(Cl)c1)CC(C)O2. The van der Waals surface area contributed by atoms with E-state index < -0.39 is 0 Å². The molecule has 1 aliphatic rings. The van der Waals surface area contributed by atoms with Gasteiger partial charge in [0.1, 0.15) is 11.9 Å². The topological polar surface area (TPSA) is 29.5 Å². The highest BCUT2D eigenvalue weighted by molar-refractivity contribution is 6.42. The van der Waals surface area contributed by atoms with Crippen LogP contribution in [0.25, 0.3) is 0 Å². The van der Waals surface area contributed by atoms with Crippen LogP contribution in [0.1, 0.15) is 29.8 Å². The van der Waals surface area contributed by atoms with Crippen molar-refractivity contribution in [2.75, 3.05) is 11.4 Å². The molecule has 1 heterocycles. The lowest BCUT2D eigenvalue weighted by molar-refractivity contribution is 0.101. The molecule has 0 N–H and O–H groups in total. The van der Waals surface area contributed by atoms with Crippen LogP contribution in [-0.4, -0.2) is 18.4 Å². The zero-order valence-electron chi connectivity index (χ0n) is 13.0. The van der Waals surface area contributed by atoms with Gasteiger partial charge >= 0.3 is 0 Å². The van der Waals surface area contributed by atoms with Gasteiger partial charge in [-0.05, 0) is 49.7 Å². The van der Waals surface area contributed by atoms with Crippen molar-refractivity contribution < 1.29 is 9.53 Å². The van der Waals surface area contributed by atoms with Gasteiger partial charge in [0.2, 0.25) is 0 Å². The van der Waals surface area contributed by atoms with Crippen molar-refractivity contribution in [3.8, 4) is 5.75 Å². The van der Waals surface area contributed by atoms with Crippen LogP contribution in [0, 0.1) is 0 Å². The minimum absolute atomic E-state index is 0.0425. The first kappa shape index (κ1) is 16.2. The Bertz CT molecular complexity index is 761. The number of benzene rings is 2. The summed E-state index contributed by atoms with van der Waals surface area (Å²) in [5.41, 5.74) is 2.68. The fraction of sp³-hybridized carbons (Fsp3) is 0.278. The van der Waals surface area contributed by atoms with Gasteiger partial charge in [-0.15, -0.1) is 0 Å². The van der Waals surface area contributed by atoms with E-state index in [0.717, 1.165) is 23.5 Å². The van der Waals surface area contributed by atoms with Crippen LogP contribution in [0.3, 0.4) is 0 Å². The molecule has 3 rings (SSSR count). The third-order valence-corrected chi connectivity index (χ3v) is 4.61. The minimum atomic E-state index is 0.0425. The second-order valence-electron chi connectivity index (χ2n) is 5.80. The lowest BCUT2D eigenvalue weighted by atomic mass is 10.1. The molecule has 1 unspecified atom stereocenters. The minimum Gasteiger partial charge on any atom is -0.487 e. The molecular weight excluding hydrogens is 333 g/mol. The van der Waals surface area contributed by atoms with E-state index in [9.17, 15) is 4.79 Å². The standard InChI is InChI=1S/C18H17Cl2NO2/c1-11-9-21(10-13-3-5-15(19)16(20)7-13)17-8-14(12(2)22)4-6-18(17)23-11/h3-8,11H,9-10H2,1-2H3. The average molecular weight is 350 g/mol. The van der Waals surface area contributed by atoms with Crippen molar-refractivity contribution in [2.45, 2.75) is 26.5 Å². The van der Waals surface area contributed by atoms with E-state index in [2.05, 4.69) is 4.90 Å². The fourth-order valence-electron chi connectivity index (χ4n) is 2.75. The Morgan fingerprint density at radius 2 is 2.00 bits per heavy atom. The molecule has 2 aromatic rings. The first-order valence-electron chi connectivity index (χ1n) is 7.44. The summed E-state index contributed by atoms with van der Waals surface area (Å²) in [5.74, 6) is 0.842. The van der Waals surface area contributed by atoms with Crippen LogP contribution in [0.2, 0.25) is 10.0 Å². The second-order valence-corrected chi connectivity index (χ2v) is 6.61. The van der Waals surface area contributed by atoms with Crippen molar-refractivity contribution in [3.05, 3.63) is 57.6 Å². The molecule has 0 radical (unpaired) electrons. The van der Waals surface area contributed by atoms with Crippen molar-refractivity contribution in [2.24, 2.45) is 0 Å². The molecule has 0 fully saturated rings. The van der Waals surface area contributed by atoms with Gasteiger partial charge in [0, 0.05) is 12.1 Å². The van der Waals surface area contributed by atoms with Crippen molar-refractivity contribution >= 4 is 34.7 Å². The van der Waals surface area contributed by atoms with Gasteiger partial charge in [-0.2, -0.15) is 0 Å². The normalized spacial score (nSPS) is 16.7. The number of fused-ring (bicyclic) bond motifs is 1. The maximum Gasteiger partial charge on any atom is 0.159 e. The molecule has 0 spiro atoms. The average Bonchev–Trinajstić information content (AvgIpc) is 2.50. The lowest BCUT2D eigenvalue weighted by Crippen LogP contribution is -2.38. The summed E-state index contributed by atoms with van der Waals surface area (Å²) in [6, 6.07) is 11.2. The highest BCUT2D eigenvalue weighted by atomic mass is 35.5. The zero-order valence-corrected chi connectivity index (χ0v) is 14.5. The van der Waals surface area contributed by atoms with E-state index >= 15 is 0 Å². The Hall–Kier alpha value is -1.71. The lowest BCUT2D eigenvalue weighted by Gasteiger charge is -2.35. The predicted octanol–water partition coefficient (Wildman–Crippen LogP) is 4.98. The third kappa shape index (κ3) is 3.46. The Morgan fingerprint density at radius 1 is 1.22 bits per heavy atom. The smallest absolute Gasteiger partial charge is 0.159 e. The van der Waals surface area contributed by atoms with E-state index in [4.69, 9.17) is 27.9 Å². The number of hydrogen-bond donors (Lipinski definition) is 0. The maximum absolute atomic E-state index is 11.7. The van der Waals surface area contributed by atoms with Gasteiger partial charge in [-0.25, -0.2) is 0 Å². The van der Waals surface area contributed by atoms with Crippen LogP contribution >= 0.6 is 23.2 Å². The van der Waals surface area contributed by atoms with E-state index in [1.165, 1.54) is 0 Å². The van der Waals surface area contributed by atoms with Gasteiger partial charge in [0.25, 0.3) is 0 Å². The Labute approximate surface area is 145 Å². The molecule has 0 aromatic heterocycles. The number of rotatable bonds is 3. The first-order chi connectivity index (χ1) is 10.9. The van der Waals surface area contributed by atoms with Gasteiger partial charge in [-0.1, -0.05) is 29.3 Å². The van der Waals surface area contributed by atoms with Gasteiger partial charge in [0.05, 0.1) is 22.3 Å². The first-order valence-corrected chi connectivity index (χ1v) is 8.20. The molecule has 0 saturated carbocycles. The summed E-state index contributed by atoms with van der Waals surface area (Å²) in [6.45, 7) is 5.02. The fourth-order valence-corrected chi connectivity index (χ4v) is 3.07. The molecule has 0 saturated heterocycles. The number of ketones is 1. The van der Waals surface area contributed by atoms with Crippen molar-refractivity contribution in [1.82, 2.24) is 0 Å². The molecule has 2 aromatic carbocycles. The number of ether oxygens (including phenoxy) is 1. The van der Waals surface area contributed by atoms with Crippen molar-refractivity contribution in [1.29, 1.82) is 0 Å². The number of hydrogen-bond acceptors (Lipinski definition) is 3. The molecule has 0 bridgehead atoms. The second kappa shape index (κ2) is 6.42. The summed E-state index contributed by atoms with van der Waals surface area (Å²) < 4.78 is 5.88. The maximum atomic E-state index is 11.7. The number of anilines is 1. The van der Waals surface area contributed by atoms with Gasteiger partial charge in [0.15, 0.2) is 5.78 Å². The summed E-state index contributed by atoms with van der Waals surface area (Å²) in [5, 5.41) is 1.09. The number of halogens is 2. The van der Waals surface area contributed by atoms with Crippen LogP contribution in [0.4, 0.5) is 5.69 Å². The predicted molar refractivity (Wildman–Crippen MR) is 94.0 cm³/mol. The van der Waals surface area contributed by atoms with Crippen molar-refractivity contribution in [3.63, 3.8) is 0 Å². The summed E-state index contributed by atoms with van der Waals surface area (Å²) in [7, 11) is 0. The van der Waals surface area contributed by atoms with E-state index in [0.29, 0.717) is 22.2 Å². The quantitative estimate of drug-likeness (QED) is 0.731. The molecule has 5 heteroatoms. The Kier molecular flexibility index (Phi) is 4.51. The third-order valence-electron chi connectivity index (χ3n) is 3.87. The molecule has 0 aliphatic carbocycles. The van der Waals surface area contributed by atoms with Crippen LogP contribution in [0.15, 0.2) is 36.4 Å². The van der Waals surface area contributed by atoms with E-state index in [1.807, 2.05) is 31.2 Å². The molecular formula is C18H17Cl2NO2. The number of carbonyl (C=O) groups is 1. The van der Waals surface area contributed by atoms with Crippen LogP contribution < -0.4 is 9.64 Å². The molecule has 0 amide bonds. The molecule has 3 nitrogen and oxygen atoms in total. The molecule has 23 heavy (non-hydrogen) atoms. The number of nitrogens with zero attached hydrogens (tertiary/aromatic N) is 1. The summed E-state index contributed by atoms with van der Waals surface area (Å²) in [6.07, 6.45) is 0.0773. The number of carbonyl (C=O) groups excluding carboxylic acids is 1. The Balaban J connectivity index is 1.95. The molecule has 120 valence electrons. The van der Waals surface area contributed by atoms with Crippen LogP contribution in [-0.2, 0) is 6.54 Å². The monoisotopic (exact) mass is 349 g/mol. The highest BCUT2D eigenvalue weighted by Gasteiger charge is 2.24. The van der Waals surface area contributed by atoms with Gasteiger partial charge in [-0.3, -0.25) is 4.79 Å². The Morgan fingerprint density at radius 3 is 2.70 bits per heavy atom. The highest BCUT2D eigenvalue weighted by Crippen LogP contribution is 2.36.